The molecule has 3 rings (SSSR count). The average Bonchev–Trinajstić information content (AvgIpc) is 3.37. The van der Waals surface area contributed by atoms with E-state index >= 15 is 0 Å². The van der Waals surface area contributed by atoms with Gasteiger partial charge in [-0.1, -0.05) is 12.1 Å². The van der Waals surface area contributed by atoms with Crippen LogP contribution in [0.25, 0.3) is 0 Å². The van der Waals surface area contributed by atoms with E-state index in [0.29, 0.717) is 41.5 Å². The number of hydrazine groups is 1. The Labute approximate surface area is 220 Å². The topological polar surface area (TPSA) is 146 Å². The monoisotopic (exact) mass is 530 g/mol. The predicted molar refractivity (Wildman–Crippen MR) is 140 cm³/mol. The van der Waals surface area contributed by atoms with Gasteiger partial charge in [0.15, 0.2) is 0 Å². The van der Waals surface area contributed by atoms with E-state index in [2.05, 4.69) is 15.5 Å². The van der Waals surface area contributed by atoms with Crippen molar-refractivity contribution in [1.29, 1.82) is 0 Å². The normalized spacial score (nSPS) is 14.1. The number of amides is 4. The van der Waals surface area contributed by atoms with Crippen LogP contribution in [0.1, 0.15) is 56.0 Å². The fourth-order valence-corrected chi connectivity index (χ4v) is 4.43. The Kier molecular flexibility index (Phi) is 9.61. The molecule has 11 nitrogen and oxygen atoms in total. The second kappa shape index (κ2) is 12.7. The van der Waals surface area contributed by atoms with E-state index in [4.69, 9.17) is 10.6 Å². The number of carbonyl (C=O) groups excluding carboxylic acids is 4. The summed E-state index contributed by atoms with van der Waals surface area (Å²) in [6.07, 6.45) is -0.291. The van der Waals surface area contributed by atoms with E-state index < -0.39 is 11.5 Å². The molecular formula is C25H34N6O5S. The third-order valence-corrected chi connectivity index (χ3v) is 6.67. The maximum Gasteiger partial charge on any atom is 0.410 e. The molecule has 0 saturated carbocycles. The minimum atomic E-state index is -0.509. The average molecular weight is 531 g/mol. The van der Waals surface area contributed by atoms with Gasteiger partial charge in [0.05, 0.1) is 9.75 Å². The molecule has 0 bridgehead atoms. The molecule has 1 aromatic carbocycles. The number of nitrogens with zero attached hydrogens (tertiary/aromatic N) is 2. The number of ether oxygens (including phenoxy) is 1. The minimum Gasteiger partial charge on any atom is -0.444 e. The first-order valence-corrected chi connectivity index (χ1v) is 12.8. The van der Waals surface area contributed by atoms with Crippen molar-refractivity contribution in [3.8, 4) is 0 Å². The van der Waals surface area contributed by atoms with E-state index in [0.717, 1.165) is 30.0 Å². The number of nitrogen functional groups attached to an aromatic ring is 1. The molecule has 1 fully saturated rings. The van der Waals surface area contributed by atoms with Gasteiger partial charge in [0, 0.05) is 51.4 Å². The summed E-state index contributed by atoms with van der Waals surface area (Å²) in [7, 11) is 0. The molecule has 1 aliphatic rings. The van der Waals surface area contributed by atoms with Gasteiger partial charge in [0.1, 0.15) is 5.60 Å². The standard InChI is InChI=1S/C25H34N6O5S/c1-25(2,3)36-24(35)31-14-12-30(13-15-31)11-10-27-21(32)18-6-4-17(5-7-18)16-28-22(33)19-8-9-20(37-19)23(34)29-26/h4-9H,10-16,26H2,1-3H3,(H,27,32)(H,28,33)(H,29,34). The van der Waals surface area contributed by atoms with Gasteiger partial charge in [-0.2, -0.15) is 0 Å². The molecule has 4 amide bonds. The summed E-state index contributed by atoms with van der Waals surface area (Å²) < 4.78 is 5.42. The van der Waals surface area contributed by atoms with Crippen LogP contribution >= 0.6 is 11.3 Å². The third kappa shape index (κ3) is 8.55. The highest BCUT2D eigenvalue weighted by atomic mass is 32.1. The molecule has 1 aromatic heterocycles. The van der Waals surface area contributed by atoms with Gasteiger partial charge < -0.3 is 20.3 Å². The fourth-order valence-electron chi connectivity index (χ4n) is 3.61. The minimum absolute atomic E-state index is 0.174. The number of thiophene rings is 1. The van der Waals surface area contributed by atoms with Gasteiger partial charge in [-0.15, -0.1) is 11.3 Å². The summed E-state index contributed by atoms with van der Waals surface area (Å²) in [4.78, 5) is 53.2. The van der Waals surface area contributed by atoms with Gasteiger partial charge in [-0.05, 0) is 50.6 Å². The lowest BCUT2D eigenvalue weighted by Crippen LogP contribution is -2.51. The fraction of sp³-hybridized carbons (Fsp3) is 0.440. The molecule has 2 aromatic rings. The van der Waals surface area contributed by atoms with Crippen LogP contribution in [-0.2, 0) is 11.3 Å². The SMILES string of the molecule is CC(C)(C)OC(=O)N1CCN(CCNC(=O)c2ccc(CNC(=O)c3ccc(C(=O)NN)s3)cc2)CC1. The maximum absolute atomic E-state index is 12.5. The van der Waals surface area contributed by atoms with Gasteiger partial charge >= 0.3 is 6.09 Å². The summed E-state index contributed by atoms with van der Waals surface area (Å²) in [6, 6.07) is 10.1. The molecule has 37 heavy (non-hydrogen) atoms. The second-order valence-corrected chi connectivity index (χ2v) is 10.7. The van der Waals surface area contributed by atoms with Crippen LogP contribution in [0, 0.1) is 0 Å². The molecule has 0 aliphatic carbocycles. The van der Waals surface area contributed by atoms with Crippen molar-refractivity contribution < 1.29 is 23.9 Å². The highest BCUT2D eigenvalue weighted by Crippen LogP contribution is 2.16. The number of carbonyl (C=O) groups is 4. The van der Waals surface area contributed by atoms with Crippen molar-refractivity contribution >= 4 is 35.2 Å². The summed E-state index contributed by atoms with van der Waals surface area (Å²) in [5.41, 5.74) is 2.89. The first kappa shape index (κ1) is 28.1. The maximum atomic E-state index is 12.5. The molecule has 1 aliphatic heterocycles. The van der Waals surface area contributed by atoms with Crippen LogP contribution < -0.4 is 21.9 Å². The zero-order chi connectivity index (χ0) is 27.0. The summed E-state index contributed by atoms with van der Waals surface area (Å²) in [6.45, 7) is 9.66. The first-order valence-electron chi connectivity index (χ1n) is 12.0. The van der Waals surface area contributed by atoms with Gasteiger partial charge in [0.25, 0.3) is 17.7 Å². The van der Waals surface area contributed by atoms with Crippen molar-refractivity contribution in [2.24, 2.45) is 5.84 Å². The van der Waals surface area contributed by atoms with Crippen molar-refractivity contribution in [1.82, 2.24) is 25.9 Å². The lowest BCUT2D eigenvalue weighted by atomic mass is 10.1. The van der Waals surface area contributed by atoms with Crippen LogP contribution in [0.5, 0.6) is 0 Å². The van der Waals surface area contributed by atoms with Crippen LogP contribution in [0.15, 0.2) is 36.4 Å². The molecule has 0 unspecified atom stereocenters. The third-order valence-electron chi connectivity index (χ3n) is 5.59. The van der Waals surface area contributed by atoms with Crippen LogP contribution in [0.3, 0.4) is 0 Å². The number of benzene rings is 1. The quantitative estimate of drug-likeness (QED) is 0.230. The van der Waals surface area contributed by atoms with Crippen LogP contribution in [-0.4, -0.2) is 78.5 Å². The predicted octanol–water partition coefficient (Wildman–Crippen LogP) is 1.56. The zero-order valence-electron chi connectivity index (χ0n) is 21.3. The number of rotatable bonds is 8. The molecule has 200 valence electrons. The van der Waals surface area contributed by atoms with E-state index in [1.165, 1.54) is 0 Å². The Morgan fingerprint density at radius 2 is 1.51 bits per heavy atom. The Hall–Kier alpha value is -3.48. The first-order chi connectivity index (χ1) is 17.6. The molecule has 1 saturated heterocycles. The van der Waals surface area contributed by atoms with E-state index in [9.17, 15) is 19.2 Å². The highest BCUT2D eigenvalue weighted by molar-refractivity contribution is 7.15. The number of hydrogen-bond donors (Lipinski definition) is 4. The number of nitrogens with one attached hydrogen (secondary N) is 3. The van der Waals surface area contributed by atoms with Gasteiger partial charge in [0.2, 0.25) is 0 Å². The number of nitrogens with two attached hydrogens (primary N) is 1. The number of piperazine rings is 1. The van der Waals surface area contributed by atoms with Gasteiger partial charge in [-0.3, -0.25) is 24.7 Å². The lowest BCUT2D eigenvalue weighted by molar-refractivity contribution is 0.0146. The lowest BCUT2D eigenvalue weighted by Gasteiger charge is -2.35. The van der Waals surface area contributed by atoms with Crippen molar-refractivity contribution in [3.05, 3.63) is 57.3 Å². The number of hydrogen-bond acceptors (Lipinski definition) is 8. The van der Waals surface area contributed by atoms with Crippen LogP contribution in [0.2, 0.25) is 0 Å². The summed E-state index contributed by atoms with van der Waals surface area (Å²) >= 11 is 1.05. The van der Waals surface area contributed by atoms with Gasteiger partial charge in [-0.25, -0.2) is 10.6 Å². The summed E-state index contributed by atoms with van der Waals surface area (Å²) in [5.74, 6) is 4.19. The van der Waals surface area contributed by atoms with E-state index in [1.54, 1.807) is 41.3 Å². The Balaban J connectivity index is 1.36. The molecule has 2 heterocycles. The second-order valence-electron chi connectivity index (χ2n) is 9.58. The van der Waals surface area contributed by atoms with Crippen molar-refractivity contribution in [3.63, 3.8) is 0 Å². The van der Waals surface area contributed by atoms with E-state index in [1.807, 2.05) is 26.2 Å². The molecule has 0 spiro atoms. The molecule has 0 radical (unpaired) electrons. The Morgan fingerprint density at radius 3 is 2.11 bits per heavy atom. The highest BCUT2D eigenvalue weighted by Gasteiger charge is 2.25. The van der Waals surface area contributed by atoms with Crippen molar-refractivity contribution in [2.75, 3.05) is 39.3 Å². The van der Waals surface area contributed by atoms with Crippen LogP contribution in [0.4, 0.5) is 4.79 Å². The Bertz CT molecular complexity index is 1100. The molecular weight excluding hydrogens is 496 g/mol. The van der Waals surface area contributed by atoms with Crippen molar-refractivity contribution in [2.45, 2.75) is 32.9 Å². The zero-order valence-corrected chi connectivity index (χ0v) is 22.2. The largest absolute Gasteiger partial charge is 0.444 e. The summed E-state index contributed by atoms with van der Waals surface area (Å²) in [5, 5.41) is 5.72. The molecule has 5 N–H and O–H groups in total. The molecule has 12 heteroatoms. The van der Waals surface area contributed by atoms with E-state index in [-0.39, 0.29) is 24.5 Å². The molecule has 0 atom stereocenters. The Morgan fingerprint density at radius 1 is 0.892 bits per heavy atom. The smallest absolute Gasteiger partial charge is 0.410 e.